The molecule has 1 heterocycles. The Bertz CT molecular complexity index is 363. The van der Waals surface area contributed by atoms with Gasteiger partial charge in [-0.2, -0.15) is 0 Å². The fourth-order valence-electron chi connectivity index (χ4n) is 0.756. The van der Waals surface area contributed by atoms with Crippen molar-refractivity contribution in [3.8, 4) is 0 Å². The highest BCUT2D eigenvalue weighted by molar-refractivity contribution is 9.10. The van der Waals surface area contributed by atoms with E-state index in [1.807, 2.05) is 39.0 Å². The Morgan fingerprint density at radius 3 is 2.67 bits per heavy atom. The number of aromatic nitrogens is 1. The van der Waals surface area contributed by atoms with Gasteiger partial charge in [-0.1, -0.05) is 10.5 Å². The number of nitrogens with zero attached hydrogens (tertiary/aromatic N) is 2. The predicted molar refractivity (Wildman–Crippen MR) is 67.4 cm³/mol. The van der Waals surface area contributed by atoms with Crippen LogP contribution in [0.25, 0.3) is 0 Å². The lowest BCUT2D eigenvalue weighted by Crippen LogP contribution is -2.25. The van der Waals surface area contributed by atoms with Crippen molar-refractivity contribution in [3.63, 3.8) is 0 Å². The van der Waals surface area contributed by atoms with E-state index in [1.165, 1.54) is 6.21 Å². The Kier molecular flexibility index (Phi) is 4.31. The number of hydrogen-bond donors (Lipinski definition) is 0. The quantitative estimate of drug-likeness (QED) is 0.477. The van der Waals surface area contributed by atoms with Crippen molar-refractivity contribution in [1.82, 2.24) is 4.98 Å². The highest BCUT2D eigenvalue weighted by Crippen LogP contribution is 2.16. The van der Waals surface area contributed by atoms with Gasteiger partial charge in [-0.25, -0.2) is 4.98 Å². The van der Waals surface area contributed by atoms with E-state index in [9.17, 15) is 4.55 Å². The van der Waals surface area contributed by atoms with Crippen LogP contribution in [0, 0.1) is 0 Å². The van der Waals surface area contributed by atoms with Crippen LogP contribution in [-0.2, 0) is 11.4 Å². The van der Waals surface area contributed by atoms with Crippen LogP contribution < -0.4 is 0 Å². The first-order valence-corrected chi connectivity index (χ1v) is 6.38. The van der Waals surface area contributed by atoms with Crippen LogP contribution in [0.5, 0.6) is 0 Å². The van der Waals surface area contributed by atoms with Gasteiger partial charge in [-0.15, -0.1) is 0 Å². The van der Waals surface area contributed by atoms with E-state index in [1.54, 1.807) is 0 Å². The van der Waals surface area contributed by atoms with E-state index in [-0.39, 0.29) is 4.75 Å². The molecule has 0 aromatic carbocycles. The fraction of sp³-hybridized carbons (Fsp3) is 0.400. The zero-order chi connectivity index (χ0) is 11.5. The largest absolute Gasteiger partial charge is 0.591 e. The molecule has 0 saturated heterocycles. The zero-order valence-electron chi connectivity index (χ0n) is 8.90. The lowest BCUT2D eigenvalue weighted by Gasteiger charge is -2.17. The molecule has 1 unspecified atom stereocenters. The standard InChI is InChI=1S/C10H13BrN2OS/c1-10(2,3)15(14)12-7-8-5-4-6-9(11)13-8/h4-7H,1-3H3/b12-7+. The van der Waals surface area contributed by atoms with Crippen LogP contribution in [0.3, 0.4) is 0 Å². The number of halogens is 1. The van der Waals surface area contributed by atoms with Crippen molar-refractivity contribution < 1.29 is 4.55 Å². The minimum absolute atomic E-state index is 0.331. The second-order valence-electron chi connectivity index (χ2n) is 3.98. The maximum Gasteiger partial charge on any atom is 0.144 e. The second-order valence-corrected chi connectivity index (χ2v) is 6.73. The molecular weight excluding hydrogens is 276 g/mol. The minimum atomic E-state index is -1.23. The van der Waals surface area contributed by atoms with Gasteiger partial charge in [-0.3, -0.25) is 0 Å². The molecule has 82 valence electrons. The summed E-state index contributed by atoms with van der Waals surface area (Å²) in [6.45, 7) is 5.65. The summed E-state index contributed by atoms with van der Waals surface area (Å²) in [5.41, 5.74) is 0.696. The van der Waals surface area contributed by atoms with Crippen molar-refractivity contribution in [2.75, 3.05) is 0 Å². The molecule has 0 spiro atoms. The number of pyridine rings is 1. The Labute approximate surface area is 101 Å². The van der Waals surface area contributed by atoms with Gasteiger partial charge in [0.25, 0.3) is 0 Å². The van der Waals surface area contributed by atoms with E-state index in [4.69, 9.17) is 0 Å². The predicted octanol–water partition coefficient (Wildman–Crippen LogP) is 2.73. The van der Waals surface area contributed by atoms with Gasteiger partial charge in [0.2, 0.25) is 0 Å². The van der Waals surface area contributed by atoms with E-state index >= 15 is 0 Å². The highest BCUT2D eigenvalue weighted by atomic mass is 79.9. The van der Waals surface area contributed by atoms with Gasteiger partial charge in [0.1, 0.15) is 26.9 Å². The van der Waals surface area contributed by atoms with E-state index in [0.717, 1.165) is 4.60 Å². The van der Waals surface area contributed by atoms with Crippen LogP contribution in [-0.4, -0.2) is 20.5 Å². The van der Waals surface area contributed by atoms with Gasteiger partial charge in [0, 0.05) is 0 Å². The molecule has 0 bridgehead atoms. The first-order valence-electron chi connectivity index (χ1n) is 4.48. The molecule has 15 heavy (non-hydrogen) atoms. The van der Waals surface area contributed by atoms with E-state index in [2.05, 4.69) is 25.3 Å². The van der Waals surface area contributed by atoms with Crippen molar-refractivity contribution in [2.24, 2.45) is 4.40 Å². The molecule has 5 heteroatoms. The van der Waals surface area contributed by atoms with Gasteiger partial charge >= 0.3 is 0 Å². The maximum absolute atomic E-state index is 11.6. The van der Waals surface area contributed by atoms with Crippen molar-refractivity contribution in [1.29, 1.82) is 0 Å². The van der Waals surface area contributed by atoms with Crippen LogP contribution in [0.4, 0.5) is 0 Å². The molecule has 0 aliphatic heterocycles. The van der Waals surface area contributed by atoms with Crippen LogP contribution >= 0.6 is 15.9 Å². The average Bonchev–Trinajstić information content (AvgIpc) is 2.12. The normalized spacial score (nSPS) is 14.5. The first-order chi connectivity index (χ1) is 6.89. The SMILES string of the molecule is CC(C)(C)[S+]([O-])/N=C/c1cccc(Br)n1. The van der Waals surface area contributed by atoms with Crippen LogP contribution in [0.15, 0.2) is 27.2 Å². The molecule has 0 aliphatic carbocycles. The third-order valence-corrected chi connectivity index (χ3v) is 3.33. The molecule has 0 amide bonds. The van der Waals surface area contributed by atoms with Crippen molar-refractivity contribution >= 4 is 33.5 Å². The molecule has 3 nitrogen and oxygen atoms in total. The topological polar surface area (TPSA) is 48.3 Å². The molecule has 0 N–H and O–H groups in total. The molecule has 1 aromatic rings. The van der Waals surface area contributed by atoms with Crippen LogP contribution in [0.1, 0.15) is 26.5 Å². The van der Waals surface area contributed by atoms with E-state index in [0.29, 0.717) is 5.69 Å². The molecular formula is C10H13BrN2OS. The summed E-state index contributed by atoms with van der Waals surface area (Å²) in [5, 5.41) is 0. The Morgan fingerprint density at radius 1 is 1.47 bits per heavy atom. The Morgan fingerprint density at radius 2 is 2.13 bits per heavy atom. The first kappa shape index (κ1) is 12.7. The summed E-state index contributed by atoms with van der Waals surface area (Å²) in [6.07, 6.45) is 1.53. The smallest absolute Gasteiger partial charge is 0.144 e. The lowest BCUT2D eigenvalue weighted by molar-refractivity contribution is 0.562. The summed E-state index contributed by atoms with van der Waals surface area (Å²) in [5.74, 6) is 0. The summed E-state index contributed by atoms with van der Waals surface area (Å²) < 4.78 is 16.0. The van der Waals surface area contributed by atoms with Crippen molar-refractivity contribution in [2.45, 2.75) is 25.5 Å². The van der Waals surface area contributed by atoms with Gasteiger partial charge in [-0.05, 0) is 48.8 Å². The highest BCUT2D eigenvalue weighted by Gasteiger charge is 2.25. The Hall–Kier alpha value is -0.390. The fourth-order valence-corrected chi connectivity index (χ4v) is 1.63. The zero-order valence-corrected chi connectivity index (χ0v) is 11.3. The minimum Gasteiger partial charge on any atom is -0.591 e. The molecule has 0 radical (unpaired) electrons. The van der Waals surface area contributed by atoms with Gasteiger partial charge < -0.3 is 4.55 Å². The summed E-state index contributed by atoms with van der Waals surface area (Å²) in [4.78, 5) is 4.16. The summed E-state index contributed by atoms with van der Waals surface area (Å²) in [6, 6.07) is 5.50. The molecule has 1 rings (SSSR count). The molecule has 1 aromatic heterocycles. The monoisotopic (exact) mass is 288 g/mol. The molecule has 0 aliphatic rings. The summed E-state index contributed by atoms with van der Waals surface area (Å²) >= 11 is 2.03. The number of hydrogen-bond acceptors (Lipinski definition) is 3. The Balaban J connectivity index is 2.74. The summed E-state index contributed by atoms with van der Waals surface area (Å²) in [7, 11) is 0. The average molecular weight is 289 g/mol. The second kappa shape index (κ2) is 5.09. The van der Waals surface area contributed by atoms with Crippen LogP contribution in [0.2, 0.25) is 0 Å². The lowest BCUT2D eigenvalue weighted by atomic mass is 10.3. The molecule has 0 saturated carbocycles. The van der Waals surface area contributed by atoms with Crippen molar-refractivity contribution in [3.05, 3.63) is 28.5 Å². The number of rotatable bonds is 2. The molecule has 0 fully saturated rings. The third kappa shape index (κ3) is 4.32. The third-order valence-electron chi connectivity index (χ3n) is 1.54. The van der Waals surface area contributed by atoms with Gasteiger partial charge in [0.15, 0.2) is 0 Å². The molecule has 1 atom stereocenters. The van der Waals surface area contributed by atoms with E-state index < -0.39 is 11.4 Å². The maximum atomic E-state index is 11.6. The van der Waals surface area contributed by atoms with Gasteiger partial charge in [0.05, 0.1) is 5.69 Å².